The van der Waals surface area contributed by atoms with Crippen molar-refractivity contribution in [2.45, 2.75) is 25.8 Å². The first-order valence-corrected chi connectivity index (χ1v) is 6.95. The van der Waals surface area contributed by atoms with Gasteiger partial charge >= 0.3 is 0 Å². The van der Waals surface area contributed by atoms with Crippen molar-refractivity contribution < 1.29 is 14.7 Å². The average molecular weight is 305 g/mol. The number of H-pyrrole nitrogens is 1. The summed E-state index contributed by atoms with van der Waals surface area (Å²) in [6.45, 7) is 1.81. The SMILES string of the molecule is CC(=O)O.CN1CC(n2ccnc2-c2ncc[nH]2)CCC1=O. The topological polar surface area (TPSA) is 104 Å². The highest BCUT2D eigenvalue weighted by Gasteiger charge is 2.26. The molecule has 1 unspecified atom stereocenters. The van der Waals surface area contributed by atoms with E-state index in [4.69, 9.17) is 9.90 Å². The monoisotopic (exact) mass is 305 g/mol. The van der Waals surface area contributed by atoms with E-state index in [1.807, 2.05) is 13.2 Å². The number of nitrogens with one attached hydrogen (secondary N) is 1. The van der Waals surface area contributed by atoms with Crippen LogP contribution in [0.4, 0.5) is 0 Å². The van der Waals surface area contributed by atoms with Gasteiger partial charge < -0.3 is 19.6 Å². The fourth-order valence-corrected chi connectivity index (χ4v) is 2.40. The van der Waals surface area contributed by atoms with Gasteiger partial charge in [-0.3, -0.25) is 9.59 Å². The maximum Gasteiger partial charge on any atom is 0.300 e. The smallest absolute Gasteiger partial charge is 0.300 e. The fourth-order valence-electron chi connectivity index (χ4n) is 2.40. The van der Waals surface area contributed by atoms with Gasteiger partial charge in [-0.15, -0.1) is 0 Å². The molecule has 0 saturated carbocycles. The number of likely N-dealkylation sites (tertiary alicyclic amines) is 1. The summed E-state index contributed by atoms with van der Waals surface area (Å²) in [5.74, 6) is 0.971. The van der Waals surface area contributed by atoms with Gasteiger partial charge in [-0.25, -0.2) is 9.97 Å². The number of hydrogen-bond acceptors (Lipinski definition) is 4. The molecule has 2 aromatic heterocycles. The van der Waals surface area contributed by atoms with Crippen molar-refractivity contribution in [1.29, 1.82) is 0 Å². The van der Waals surface area contributed by atoms with Crippen LogP contribution in [0.5, 0.6) is 0 Å². The molecule has 8 heteroatoms. The third-order valence-electron chi connectivity index (χ3n) is 3.37. The molecule has 3 rings (SSSR count). The Morgan fingerprint density at radius 3 is 2.73 bits per heavy atom. The molecule has 1 aliphatic heterocycles. The lowest BCUT2D eigenvalue weighted by molar-refractivity contribution is -0.134. The van der Waals surface area contributed by atoms with Crippen molar-refractivity contribution in [3.8, 4) is 11.6 Å². The molecule has 0 aromatic carbocycles. The van der Waals surface area contributed by atoms with Crippen molar-refractivity contribution in [1.82, 2.24) is 24.4 Å². The zero-order valence-electron chi connectivity index (χ0n) is 12.6. The van der Waals surface area contributed by atoms with Gasteiger partial charge in [0.2, 0.25) is 5.91 Å². The van der Waals surface area contributed by atoms with Crippen LogP contribution in [-0.4, -0.2) is 55.0 Å². The average Bonchev–Trinajstić information content (AvgIpc) is 3.10. The van der Waals surface area contributed by atoms with Crippen molar-refractivity contribution in [2.24, 2.45) is 0 Å². The molecular weight excluding hydrogens is 286 g/mol. The molecule has 1 aliphatic rings. The van der Waals surface area contributed by atoms with Crippen molar-refractivity contribution in [2.75, 3.05) is 13.6 Å². The Balaban J connectivity index is 0.000000396. The highest BCUT2D eigenvalue weighted by molar-refractivity contribution is 5.76. The summed E-state index contributed by atoms with van der Waals surface area (Å²) in [4.78, 5) is 33.9. The maximum absolute atomic E-state index is 11.5. The molecule has 1 saturated heterocycles. The second-order valence-electron chi connectivity index (χ2n) is 5.08. The number of amides is 1. The van der Waals surface area contributed by atoms with Gasteiger partial charge in [-0.1, -0.05) is 0 Å². The predicted octanol–water partition coefficient (Wildman–Crippen LogP) is 1.16. The van der Waals surface area contributed by atoms with Crippen LogP contribution in [0, 0.1) is 0 Å². The molecular formula is C14H19N5O3. The second kappa shape index (κ2) is 6.88. The number of piperidine rings is 1. The van der Waals surface area contributed by atoms with E-state index in [1.165, 1.54) is 0 Å². The Morgan fingerprint density at radius 1 is 1.41 bits per heavy atom. The molecule has 22 heavy (non-hydrogen) atoms. The number of carbonyl (C=O) groups is 2. The van der Waals surface area contributed by atoms with Crippen molar-refractivity contribution in [3.05, 3.63) is 24.8 Å². The number of aromatic nitrogens is 4. The number of imidazole rings is 2. The van der Waals surface area contributed by atoms with Gasteiger partial charge in [0.25, 0.3) is 5.97 Å². The molecule has 1 amide bonds. The molecule has 0 spiro atoms. The minimum absolute atomic E-state index is 0.214. The Morgan fingerprint density at radius 2 is 2.14 bits per heavy atom. The predicted molar refractivity (Wildman–Crippen MR) is 79.0 cm³/mol. The molecule has 1 fully saturated rings. The highest BCUT2D eigenvalue weighted by atomic mass is 16.4. The number of carboxylic acid groups (broad SMARTS) is 1. The van der Waals surface area contributed by atoms with Crippen LogP contribution in [0.3, 0.4) is 0 Å². The first-order chi connectivity index (χ1) is 10.5. The molecule has 8 nitrogen and oxygen atoms in total. The number of carbonyl (C=O) groups excluding carboxylic acids is 1. The summed E-state index contributed by atoms with van der Waals surface area (Å²) in [6, 6.07) is 0.273. The first-order valence-electron chi connectivity index (χ1n) is 6.95. The molecule has 0 aliphatic carbocycles. The quantitative estimate of drug-likeness (QED) is 0.866. The van der Waals surface area contributed by atoms with E-state index in [0.717, 1.165) is 31.5 Å². The van der Waals surface area contributed by atoms with Gasteiger partial charge in [0, 0.05) is 51.7 Å². The third kappa shape index (κ3) is 3.72. The largest absolute Gasteiger partial charge is 0.481 e. The molecule has 118 valence electrons. The summed E-state index contributed by atoms with van der Waals surface area (Å²) in [5, 5.41) is 7.42. The Bertz CT molecular complexity index is 631. The Hall–Kier alpha value is -2.64. The van der Waals surface area contributed by atoms with Crippen LogP contribution in [0.15, 0.2) is 24.8 Å². The minimum Gasteiger partial charge on any atom is -0.481 e. The molecule has 2 aromatic rings. The molecule has 3 heterocycles. The lowest BCUT2D eigenvalue weighted by Crippen LogP contribution is -2.37. The van der Waals surface area contributed by atoms with Gasteiger partial charge in [-0.2, -0.15) is 0 Å². The van der Waals surface area contributed by atoms with Crippen molar-refractivity contribution >= 4 is 11.9 Å². The molecule has 1 atom stereocenters. The number of likely N-dealkylation sites (N-methyl/N-ethyl adjacent to an activating group) is 1. The van der Waals surface area contributed by atoms with E-state index >= 15 is 0 Å². The normalized spacial score (nSPS) is 17.8. The molecule has 2 N–H and O–H groups in total. The van der Waals surface area contributed by atoms with E-state index in [-0.39, 0.29) is 11.9 Å². The number of aromatic amines is 1. The fraction of sp³-hybridized carbons (Fsp3) is 0.429. The van der Waals surface area contributed by atoms with Crippen molar-refractivity contribution in [3.63, 3.8) is 0 Å². The zero-order chi connectivity index (χ0) is 16.1. The first kappa shape index (κ1) is 15.7. The standard InChI is InChI=1S/C12H15N5O.C2H4O2/c1-16-8-9(2-3-10(16)18)17-7-6-15-12(17)11-13-4-5-14-11;1-2(3)4/h4-7,9H,2-3,8H2,1H3,(H,13,14);1H3,(H,3,4). The van der Waals surface area contributed by atoms with Crippen LogP contribution >= 0.6 is 0 Å². The van der Waals surface area contributed by atoms with E-state index in [9.17, 15) is 4.79 Å². The summed E-state index contributed by atoms with van der Waals surface area (Å²) < 4.78 is 2.10. The van der Waals surface area contributed by atoms with Gasteiger partial charge in [0.1, 0.15) is 0 Å². The molecule has 0 bridgehead atoms. The van der Waals surface area contributed by atoms with Gasteiger partial charge in [0.05, 0.1) is 6.04 Å². The van der Waals surface area contributed by atoms with Gasteiger partial charge in [0.15, 0.2) is 11.6 Å². The summed E-state index contributed by atoms with van der Waals surface area (Å²) in [6.07, 6.45) is 8.67. The van der Waals surface area contributed by atoms with Crippen LogP contribution < -0.4 is 0 Å². The number of nitrogens with zero attached hydrogens (tertiary/aromatic N) is 4. The van der Waals surface area contributed by atoms with Crippen LogP contribution in [-0.2, 0) is 9.59 Å². The number of carboxylic acids is 1. The van der Waals surface area contributed by atoms with Crippen LogP contribution in [0.25, 0.3) is 11.6 Å². The van der Waals surface area contributed by atoms with E-state index in [0.29, 0.717) is 6.42 Å². The number of aliphatic carboxylic acids is 1. The maximum atomic E-state index is 11.5. The lowest BCUT2D eigenvalue weighted by Gasteiger charge is -2.31. The van der Waals surface area contributed by atoms with Gasteiger partial charge in [-0.05, 0) is 6.42 Å². The molecule has 0 radical (unpaired) electrons. The lowest BCUT2D eigenvalue weighted by atomic mass is 10.1. The highest BCUT2D eigenvalue weighted by Crippen LogP contribution is 2.25. The second-order valence-corrected chi connectivity index (χ2v) is 5.08. The van der Waals surface area contributed by atoms with Crippen LogP contribution in [0.1, 0.15) is 25.8 Å². The summed E-state index contributed by atoms with van der Waals surface area (Å²) in [7, 11) is 1.85. The Kier molecular flexibility index (Phi) is 4.92. The minimum atomic E-state index is -0.833. The summed E-state index contributed by atoms with van der Waals surface area (Å²) >= 11 is 0. The summed E-state index contributed by atoms with van der Waals surface area (Å²) in [5.41, 5.74) is 0. The Labute approximate surface area is 127 Å². The third-order valence-corrected chi connectivity index (χ3v) is 3.37. The number of rotatable bonds is 2. The zero-order valence-corrected chi connectivity index (χ0v) is 12.6. The number of hydrogen-bond donors (Lipinski definition) is 2. The van der Waals surface area contributed by atoms with E-state index < -0.39 is 5.97 Å². The van der Waals surface area contributed by atoms with Crippen LogP contribution in [0.2, 0.25) is 0 Å². The van der Waals surface area contributed by atoms with E-state index in [1.54, 1.807) is 23.5 Å². The van der Waals surface area contributed by atoms with E-state index in [2.05, 4.69) is 19.5 Å².